The molecule has 0 saturated carbocycles. The summed E-state index contributed by atoms with van der Waals surface area (Å²) >= 11 is 2.94. The molecule has 0 aliphatic rings. The number of benzene rings is 1. The van der Waals surface area contributed by atoms with Crippen LogP contribution in [-0.4, -0.2) is 28.1 Å². The Hall–Kier alpha value is -3.04. The molecule has 29 heavy (non-hydrogen) atoms. The average molecular weight is 427 g/mol. The molecule has 0 atom stereocenters. The van der Waals surface area contributed by atoms with Crippen LogP contribution in [0.3, 0.4) is 0 Å². The summed E-state index contributed by atoms with van der Waals surface area (Å²) in [5.74, 6) is 1.57. The van der Waals surface area contributed by atoms with Crippen LogP contribution in [0.25, 0.3) is 22.6 Å². The molecule has 1 N–H and O–H groups in total. The zero-order chi connectivity index (χ0) is 20.2. The maximum atomic E-state index is 12.3. The summed E-state index contributed by atoms with van der Waals surface area (Å²) in [4.78, 5) is 21.1. The second kappa shape index (κ2) is 8.54. The Morgan fingerprint density at radius 2 is 2.14 bits per heavy atom. The van der Waals surface area contributed by atoms with Gasteiger partial charge in [0, 0.05) is 34.7 Å². The van der Waals surface area contributed by atoms with Gasteiger partial charge in [0.2, 0.25) is 17.6 Å². The van der Waals surface area contributed by atoms with Crippen molar-refractivity contribution in [2.45, 2.75) is 19.8 Å². The van der Waals surface area contributed by atoms with Crippen molar-refractivity contribution in [3.05, 3.63) is 51.9 Å². The first-order chi connectivity index (χ1) is 14.1. The molecule has 1 aromatic carbocycles. The van der Waals surface area contributed by atoms with Crippen LogP contribution in [0.1, 0.15) is 17.9 Å². The zero-order valence-electron chi connectivity index (χ0n) is 15.8. The second-order valence-corrected chi connectivity index (χ2v) is 7.95. The number of amides is 1. The van der Waals surface area contributed by atoms with Crippen molar-refractivity contribution in [1.29, 1.82) is 0 Å². The molecule has 7 nitrogen and oxygen atoms in total. The third kappa shape index (κ3) is 4.52. The van der Waals surface area contributed by atoms with Gasteiger partial charge >= 0.3 is 0 Å². The van der Waals surface area contributed by atoms with Gasteiger partial charge in [0.05, 0.1) is 12.8 Å². The Morgan fingerprint density at radius 1 is 1.24 bits per heavy atom. The molecule has 0 radical (unpaired) electrons. The number of thiophene rings is 1. The van der Waals surface area contributed by atoms with Gasteiger partial charge in [0.15, 0.2) is 5.13 Å². The van der Waals surface area contributed by atoms with E-state index in [0.29, 0.717) is 23.3 Å². The lowest BCUT2D eigenvalue weighted by molar-refractivity contribution is -0.116. The maximum Gasteiger partial charge on any atom is 0.227 e. The lowest BCUT2D eigenvalue weighted by atomic mass is 10.1. The summed E-state index contributed by atoms with van der Waals surface area (Å²) in [6, 6.07) is 7.84. The molecule has 9 heteroatoms. The molecule has 0 fully saturated rings. The Balaban J connectivity index is 1.37. The van der Waals surface area contributed by atoms with Crippen molar-refractivity contribution in [3.63, 3.8) is 0 Å². The molecular formula is C20H18N4O3S2. The van der Waals surface area contributed by atoms with Crippen LogP contribution >= 0.6 is 22.7 Å². The number of carbonyl (C=O) groups is 1. The van der Waals surface area contributed by atoms with E-state index in [1.54, 1.807) is 18.4 Å². The fourth-order valence-corrected chi connectivity index (χ4v) is 4.11. The van der Waals surface area contributed by atoms with Crippen LogP contribution in [-0.2, 0) is 11.2 Å². The van der Waals surface area contributed by atoms with Gasteiger partial charge in [0.25, 0.3) is 0 Å². The van der Waals surface area contributed by atoms with E-state index in [4.69, 9.17) is 9.26 Å². The first-order valence-corrected chi connectivity index (χ1v) is 10.7. The molecular weight excluding hydrogens is 408 g/mol. The maximum absolute atomic E-state index is 12.3. The molecule has 4 aromatic rings. The quantitative estimate of drug-likeness (QED) is 0.456. The van der Waals surface area contributed by atoms with Crippen molar-refractivity contribution in [2.75, 3.05) is 12.4 Å². The molecule has 0 bridgehead atoms. The zero-order valence-corrected chi connectivity index (χ0v) is 17.5. The van der Waals surface area contributed by atoms with Gasteiger partial charge in [-0.25, -0.2) is 4.98 Å². The minimum atomic E-state index is -0.155. The summed E-state index contributed by atoms with van der Waals surface area (Å²) < 4.78 is 10.6. The third-order valence-corrected chi connectivity index (χ3v) is 5.64. The van der Waals surface area contributed by atoms with Crippen LogP contribution in [0.15, 0.2) is 44.9 Å². The van der Waals surface area contributed by atoms with E-state index in [0.717, 1.165) is 28.1 Å². The molecule has 3 heterocycles. The number of nitrogens with zero attached hydrogens (tertiary/aromatic N) is 3. The molecule has 3 aromatic heterocycles. The van der Waals surface area contributed by atoms with Gasteiger partial charge in [-0.2, -0.15) is 16.3 Å². The highest BCUT2D eigenvalue weighted by molar-refractivity contribution is 7.14. The first kappa shape index (κ1) is 19.3. The number of carbonyl (C=O) groups excluding carboxylic acids is 1. The van der Waals surface area contributed by atoms with Crippen LogP contribution in [0, 0.1) is 6.92 Å². The van der Waals surface area contributed by atoms with E-state index in [1.165, 1.54) is 11.3 Å². The lowest BCUT2D eigenvalue weighted by Crippen LogP contribution is -2.12. The van der Waals surface area contributed by atoms with Crippen molar-refractivity contribution in [3.8, 4) is 28.4 Å². The number of aromatic nitrogens is 3. The lowest BCUT2D eigenvalue weighted by Gasteiger charge is -2.07. The van der Waals surface area contributed by atoms with E-state index in [1.807, 2.05) is 47.3 Å². The van der Waals surface area contributed by atoms with E-state index in [-0.39, 0.29) is 12.3 Å². The first-order valence-electron chi connectivity index (χ1n) is 8.88. The van der Waals surface area contributed by atoms with Gasteiger partial charge in [-0.05, 0) is 30.5 Å². The predicted molar refractivity (Wildman–Crippen MR) is 113 cm³/mol. The number of rotatable bonds is 7. The van der Waals surface area contributed by atoms with Crippen molar-refractivity contribution in [1.82, 2.24) is 15.1 Å². The highest BCUT2D eigenvalue weighted by Gasteiger charge is 2.14. The number of ether oxygens (including phenoxy) is 1. The topological polar surface area (TPSA) is 90.1 Å². The number of thiazole rings is 1. The van der Waals surface area contributed by atoms with E-state index >= 15 is 0 Å². The number of aryl methyl sites for hydroxylation is 2. The van der Waals surface area contributed by atoms with Crippen LogP contribution in [0.5, 0.6) is 5.75 Å². The number of hydrogen-bond donors (Lipinski definition) is 1. The molecule has 4 rings (SSSR count). The SMILES string of the molecule is COc1ccc(C)cc1-c1csc(NC(=O)CCc2nc(-c3ccsc3)no2)n1. The minimum absolute atomic E-state index is 0.155. The largest absolute Gasteiger partial charge is 0.496 e. The number of anilines is 1. The van der Waals surface area contributed by atoms with Crippen LogP contribution < -0.4 is 10.1 Å². The molecule has 0 unspecified atom stereocenters. The number of hydrogen-bond acceptors (Lipinski definition) is 8. The smallest absolute Gasteiger partial charge is 0.227 e. The van der Waals surface area contributed by atoms with Gasteiger partial charge in [-0.1, -0.05) is 16.8 Å². The Labute approximate surface area is 175 Å². The Morgan fingerprint density at radius 3 is 2.93 bits per heavy atom. The summed E-state index contributed by atoms with van der Waals surface area (Å²) in [5.41, 5.74) is 3.69. The summed E-state index contributed by atoms with van der Waals surface area (Å²) in [6.07, 6.45) is 0.598. The van der Waals surface area contributed by atoms with Gasteiger partial charge in [-0.15, -0.1) is 11.3 Å². The fraction of sp³-hybridized carbons (Fsp3) is 0.200. The normalized spacial score (nSPS) is 10.8. The summed E-state index contributed by atoms with van der Waals surface area (Å²) in [5, 5.41) is 13.1. The van der Waals surface area contributed by atoms with Gasteiger partial charge in [-0.3, -0.25) is 4.79 Å². The predicted octanol–water partition coefficient (Wildman–Crippen LogP) is 4.81. The van der Waals surface area contributed by atoms with Crippen LogP contribution in [0.2, 0.25) is 0 Å². The number of methoxy groups -OCH3 is 1. The molecule has 148 valence electrons. The average Bonchev–Trinajstić information content (AvgIpc) is 3.47. The van der Waals surface area contributed by atoms with Crippen molar-refractivity contribution in [2.24, 2.45) is 0 Å². The van der Waals surface area contributed by atoms with E-state index in [2.05, 4.69) is 20.4 Å². The second-order valence-electron chi connectivity index (χ2n) is 6.31. The Kier molecular flexibility index (Phi) is 5.68. The van der Waals surface area contributed by atoms with E-state index < -0.39 is 0 Å². The molecule has 1 amide bonds. The molecule has 0 aliphatic carbocycles. The summed E-state index contributed by atoms with van der Waals surface area (Å²) in [7, 11) is 1.63. The molecule has 0 aliphatic heterocycles. The third-order valence-electron chi connectivity index (χ3n) is 4.19. The highest BCUT2D eigenvalue weighted by atomic mass is 32.1. The van der Waals surface area contributed by atoms with Crippen LogP contribution in [0.4, 0.5) is 5.13 Å². The minimum Gasteiger partial charge on any atom is -0.496 e. The van der Waals surface area contributed by atoms with E-state index in [9.17, 15) is 4.79 Å². The standard InChI is InChI=1S/C20H18N4O3S2/c1-12-3-4-16(26-2)14(9-12)15-11-29-20(21-15)22-17(25)5-6-18-23-19(24-27-18)13-7-8-28-10-13/h3-4,7-11H,5-6H2,1-2H3,(H,21,22,25). The van der Waals surface area contributed by atoms with Gasteiger partial charge in [0.1, 0.15) is 5.75 Å². The fourth-order valence-electron chi connectivity index (χ4n) is 2.74. The van der Waals surface area contributed by atoms with Gasteiger partial charge < -0.3 is 14.6 Å². The number of nitrogens with one attached hydrogen (secondary N) is 1. The molecule has 0 saturated heterocycles. The summed E-state index contributed by atoms with van der Waals surface area (Å²) in [6.45, 7) is 2.01. The van der Waals surface area contributed by atoms with Crippen molar-refractivity contribution >= 4 is 33.7 Å². The highest BCUT2D eigenvalue weighted by Crippen LogP contribution is 2.33. The molecule has 0 spiro atoms. The van der Waals surface area contributed by atoms with Crippen molar-refractivity contribution < 1.29 is 14.1 Å². The Bertz CT molecular complexity index is 1120. The monoisotopic (exact) mass is 426 g/mol.